The van der Waals surface area contributed by atoms with Gasteiger partial charge < -0.3 is 4.57 Å². The summed E-state index contributed by atoms with van der Waals surface area (Å²) in [5.41, 5.74) is -2.39. The van der Waals surface area contributed by atoms with Crippen molar-refractivity contribution in [2.24, 2.45) is 7.05 Å². The van der Waals surface area contributed by atoms with Crippen molar-refractivity contribution in [2.75, 3.05) is 0 Å². The van der Waals surface area contributed by atoms with E-state index < -0.39 is 28.0 Å². The van der Waals surface area contributed by atoms with Gasteiger partial charge in [-0.15, -0.1) is 0 Å². The average molecular weight is 309 g/mol. The Morgan fingerprint density at radius 3 is 2.55 bits per heavy atom. The summed E-state index contributed by atoms with van der Waals surface area (Å²) < 4.78 is 39.6. The highest BCUT2D eigenvalue weighted by Crippen LogP contribution is 2.29. The molecule has 0 saturated heterocycles. The second-order valence-electron chi connectivity index (χ2n) is 4.01. The number of alkyl halides is 3. The summed E-state index contributed by atoms with van der Waals surface area (Å²) in [5.74, 6) is 0.0509. The van der Waals surface area contributed by atoms with E-state index in [0.717, 1.165) is 9.25 Å². The fourth-order valence-corrected chi connectivity index (χ4v) is 1.79. The lowest BCUT2D eigenvalue weighted by molar-refractivity contribution is -0.138. The molecule has 0 aliphatic carbocycles. The van der Waals surface area contributed by atoms with E-state index in [1.807, 2.05) is 0 Å². The molecule has 108 valence electrons. The van der Waals surface area contributed by atoms with Crippen LogP contribution in [-0.2, 0) is 19.8 Å². The van der Waals surface area contributed by atoms with Crippen LogP contribution in [0.15, 0.2) is 21.9 Å². The highest BCUT2D eigenvalue weighted by Gasteiger charge is 2.32. The summed E-state index contributed by atoms with van der Waals surface area (Å²) in [4.78, 5) is 25.2. The molecule has 0 atom stereocenters. The average Bonchev–Trinajstić information content (AvgIpc) is 2.62. The summed E-state index contributed by atoms with van der Waals surface area (Å²) in [6.45, 7) is -0.321. The first-order valence-corrected chi connectivity index (χ1v) is 5.65. The minimum absolute atomic E-state index is 0.0509. The maximum absolute atomic E-state index is 12.6. The van der Waals surface area contributed by atoms with E-state index in [2.05, 4.69) is 10.1 Å². The van der Waals surface area contributed by atoms with Crippen molar-refractivity contribution in [2.45, 2.75) is 12.7 Å². The van der Waals surface area contributed by atoms with E-state index in [-0.39, 0.29) is 12.4 Å². The van der Waals surface area contributed by atoms with Crippen LogP contribution in [0.2, 0.25) is 5.02 Å². The molecule has 1 N–H and O–H groups in total. The summed E-state index contributed by atoms with van der Waals surface area (Å²) in [6, 6.07) is 0.557. The van der Waals surface area contributed by atoms with Crippen LogP contribution in [-0.4, -0.2) is 19.3 Å². The maximum atomic E-state index is 12.6. The largest absolute Gasteiger partial charge is 0.417 e. The van der Waals surface area contributed by atoms with Crippen LogP contribution in [0.1, 0.15) is 11.4 Å². The molecule has 20 heavy (non-hydrogen) atoms. The number of aromatic amines is 1. The first-order valence-electron chi connectivity index (χ1n) is 5.28. The Morgan fingerprint density at radius 1 is 1.40 bits per heavy atom. The molecule has 0 aliphatic heterocycles. The van der Waals surface area contributed by atoms with E-state index in [1.54, 1.807) is 0 Å². The van der Waals surface area contributed by atoms with Crippen molar-refractivity contribution in [1.82, 2.24) is 19.3 Å². The molecule has 0 spiro atoms. The molecule has 0 saturated carbocycles. The molecule has 2 aromatic heterocycles. The Morgan fingerprint density at radius 2 is 2.05 bits per heavy atom. The van der Waals surface area contributed by atoms with Crippen LogP contribution < -0.4 is 11.2 Å². The normalized spacial score (nSPS) is 11.8. The standard InChI is InChI=1S/C10H8ClF3N4O2/c1-17-9(20)15-7(16-17)4-18-3-5(10(12,13)14)2-6(11)8(18)19/h2-3H,4H2,1H3,(H,15,16,20). The highest BCUT2D eigenvalue weighted by atomic mass is 35.5. The number of nitrogens with zero attached hydrogens (tertiary/aromatic N) is 3. The van der Waals surface area contributed by atoms with Crippen molar-refractivity contribution >= 4 is 11.6 Å². The van der Waals surface area contributed by atoms with Crippen LogP contribution in [0.25, 0.3) is 0 Å². The van der Waals surface area contributed by atoms with Gasteiger partial charge in [0.15, 0.2) is 5.82 Å². The van der Waals surface area contributed by atoms with Gasteiger partial charge >= 0.3 is 11.9 Å². The zero-order valence-electron chi connectivity index (χ0n) is 10.0. The quantitative estimate of drug-likeness (QED) is 0.899. The lowest BCUT2D eigenvalue weighted by Gasteiger charge is -2.10. The Labute approximate surface area is 114 Å². The molecule has 2 aromatic rings. The van der Waals surface area contributed by atoms with Gasteiger partial charge in [0.1, 0.15) is 5.02 Å². The minimum Gasteiger partial charge on any atom is -0.306 e. The molecule has 0 bridgehead atoms. The Kier molecular flexibility index (Phi) is 3.46. The van der Waals surface area contributed by atoms with E-state index in [9.17, 15) is 22.8 Å². The van der Waals surface area contributed by atoms with Crippen LogP contribution >= 0.6 is 11.6 Å². The number of halogens is 4. The fourth-order valence-electron chi connectivity index (χ4n) is 1.56. The molecule has 0 radical (unpaired) electrons. The van der Waals surface area contributed by atoms with Gasteiger partial charge in [0.2, 0.25) is 0 Å². The van der Waals surface area contributed by atoms with Gasteiger partial charge in [-0.25, -0.2) is 9.48 Å². The molecular formula is C10H8ClF3N4O2. The highest BCUT2D eigenvalue weighted by molar-refractivity contribution is 6.30. The van der Waals surface area contributed by atoms with Crippen molar-refractivity contribution in [3.05, 3.63) is 49.5 Å². The predicted octanol–water partition coefficient (Wildman–Crippen LogP) is 0.991. The van der Waals surface area contributed by atoms with Gasteiger partial charge in [-0.2, -0.15) is 18.3 Å². The number of aromatic nitrogens is 4. The van der Waals surface area contributed by atoms with Gasteiger partial charge in [-0.1, -0.05) is 11.6 Å². The van der Waals surface area contributed by atoms with E-state index in [1.165, 1.54) is 7.05 Å². The Balaban J connectivity index is 2.48. The van der Waals surface area contributed by atoms with Gasteiger partial charge in [0, 0.05) is 13.2 Å². The topological polar surface area (TPSA) is 72.7 Å². The van der Waals surface area contributed by atoms with Crippen molar-refractivity contribution in [3.8, 4) is 0 Å². The maximum Gasteiger partial charge on any atom is 0.417 e. The monoisotopic (exact) mass is 308 g/mol. The molecular weight excluding hydrogens is 301 g/mol. The zero-order valence-corrected chi connectivity index (χ0v) is 10.8. The van der Waals surface area contributed by atoms with Gasteiger partial charge in [0.25, 0.3) is 5.56 Å². The number of hydrogen-bond donors (Lipinski definition) is 1. The summed E-state index contributed by atoms with van der Waals surface area (Å²) in [5, 5.41) is 3.18. The molecule has 10 heteroatoms. The zero-order chi connectivity index (χ0) is 15.1. The lowest BCUT2D eigenvalue weighted by atomic mass is 10.2. The second-order valence-corrected chi connectivity index (χ2v) is 4.42. The van der Waals surface area contributed by atoms with E-state index in [4.69, 9.17) is 11.6 Å². The van der Waals surface area contributed by atoms with Crippen LogP contribution in [0.3, 0.4) is 0 Å². The number of hydrogen-bond acceptors (Lipinski definition) is 3. The van der Waals surface area contributed by atoms with E-state index in [0.29, 0.717) is 12.3 Å². The predicted molar refractivity (Wildman–Crippen MR) is 63.6 cm³/mol. The molecule has 0 amide bonds. The van der Waals surface area contributed by atoms with Gasteiger partial charge in [-0.05, 0) is 6.07 Å². The molecule has 0 aliphatic rings. The summed E-state index contributed by atoms with van der Waals surface area (Å²) >= 11 is 5.50. The molecule has 0 fully saturated rings. The molecule has 0 aromatic carbocycles. The number of aryl methyl sites for hydroxylation is 1. The van der Waals surface area contributed by atoms with E-state index >= 15 is 0 Å². The third-order valence-electron chi connectivity index (χ3n) is 2.51. The molecule has 2 rings (SSSR count). The third-order valence-corrected chi connectivity index (χ3v) is 2.78. The van der Waals surface area contributed by atoms with Crippen molar-refractivity contribution in [3.63, 3.8) is 0 Å². The van der Waals surface area contributed by atoms with Crippen LogP contribution in [0.5, 0.6) is 0 Å². The SMILES string of the molecule is Cn1nc(Cn2cc(C(F)(F)F)cc(Cl)c2=O)[nH]c1=O. The first-order chi connectivity index (χ1) is 9.18. The van der Waals surface area contributed by atoms with Gasteiger partial charge in [-0.3, -0.25) is 9.78 Å². The first kappa shape index (κ1) is 14.4. The third kappa shape index (κ3) is 2.77. The smallest absolute Gasteiger partial charge is 0.306 e. The number of H-pyrrole nitrogens is 1. The number of pyridine rings is 1. The van der Waals surface area contributed by atoms with Crippen molar-refractivity contribution < 1.29 is 13.2 Å². The summed E-state index contributed by atoms with van der Waals surface area (Å²) in [6.07, 6.45) is -4.00. The van der Waals surface area contributed by atoms with Crippen molar-refractivity contribution in [1.29, 1.82) is 0 Å². The lowest BCUT2D eigenvalue weighted by Crippen LogP contribution is -2.24. The molecule has 0 unspecified atom stereocenters. The fraction of sp³-hybridized carbons (Fsp3) is 0.300. The van der Waals surface area contributed by atoms with Crippen LogP contribution in [0, 0.1) is 0 Å². The van der Waals surface area contributed by atoms with Crippen LogP contribution in [0.4, 0.5) is 13.2 Å². The number of nitrogens with one attached hydrogen (secondary N) is 1. The molecule has 2 heterocycles. The Bertz CT molecular complexity index is 759. The Hall–Kier alpha value is -2.03. The van der Waals surface area contributed by atoms with Gasteiger partial charge in [0.05, 0.1) is 12.1 Å². The molecule has 6 nitrogen and oxygen atoms in total. The number of rotatable bonds is 2. The minimum atomic E-state index is -4.63. The summed E-state index contributed by atoms with van der Waals surface area (Å²) in [7, 11) is 1.37. The second kappa shape index (κ2) is 4.82.